The van der Waals surface area contributed by atoms with Crippen molar-refractivity contribution >= 4 is 29.5 Å². The van der Waals surface area contributed by atoms with Crippen molar-refractivity contribution in [1.82, 2.24) is 0 Å². The van der Waals surface area contributed by atoms with Crippen LogP contribution in [0, 0.1) is 13.8 Å². The molecule has 0 aromatic heterocycles. The van der Waals surface area contributed by atoms with Gasteiger partial charge in [-0.2, -0.15) is 0 Å². The molecule has 0 saturated heterocycles. The molecule has 2 nitrogen and oxygen atoms in total. The minimum atomic E-state index is 1.12. The molecular formula is C12H17BrO2. The molecule has 15 heavy (non-hydrogen) atoms. The van der Waals surface area contributed by atoms with Crippen LogP contribution in [-0.4, -0.2) is 13.6 Å². The number of carbonyl (C=O) groups is 2. The third kappa shape index (κ3) is 5.47. The Bertz CT molecular complexity index is 273. The van der Waals surface area contributed by atoms with Crippen molar-refractivity contribution in [2.75, 3.05) is 0 Å². The zero-order valence-electron chi connectivity index (χ0n) is 9.47. The van der Waals surface area contributed by atoms with Crippen LogP contribution in [0.15, 0.2) is 16.6 Å². The van der Waals surface area contributed by atoms with E-state index in [4.69, 9.17) is 9.59 Å². The summed E-state index contributed by atoms with van der Waals surface area (Å²) in [5, 5.41) is 0. The Kier molecular flexibility index (Phi) is 10.5. The summed E-state index contributed by atoms with van der Waals surface area (Å²) >= 11 is 3.54. The van der Waals surface area contributed by atoms with Gasteiger partial charge in [0, 0.05) is 4.47 Å². The van der Waals surface area contributed by atoms with E-state index in [1.165, 1.54) is 21.2 Å². The topological polar surface area (TPSA) is 34.1 Å². The lowest BCUT2D eigenvalue weighted by Crippen LogP contribution is -1.86. The maximum atomic E-state index is 8.00. The average molecular weight is 273 g/mol. The standard InChI is InChI=1S/C10H13Br.2CH2O/c1-4-9-5-7(2)10(11)8(3)6-9;2*1-2/h5-6H,4H2,1-3H3;2*1H2. The molecule has 84 valence electrons. The number of hydrogen-bond donors (Lipinski definition) is 0. The Morgan fingerprint density at radius 1 is 1.07 bits per heavy atom. The molecule has 0 aliphatic carbocycles. The molecule has 0 atom stereocenters. The summed E-state index contributed by atoms with van der Waals surface area (Å²) in [4.78, 5) is 16.0. The zero-order chi connectivity index (χ0) is 12.4. The van der Waals surface area contributed by atoms with Gasteiger partial charge in [0.05, 0.1) is 0 Å². The minimum absolute atomic E-state index is 1.12. The van der Waals surface area contributed by atoms with Crippen LogP contribution in [0.4, 0.5) is 0 Å². The molecule has 3 heteroatoms. The van der Waals surface area contributed by atoms with Crippen molar-refractivity contribution in [2.24, 2.45) is 0 Å². The summed E-state index contributed by atoms with van der Waals surface area (Å²) in [6.07, 6.45) is 1.12. The number of halogens is 1. The van der Waals surface area contributed by atoms with E-state index < -0.39 is 0 Å². The Hall–Kier alpha value is -0.960. The Balaban J connectivity index is 0. The maximum absolute atomic E-state index is 8.00. The van der Waals surface area contributed by atoms with Gasteiger partial charge in [-0.05, 0) is 37.0 Å². The monoisotopic (exact) mass is 272 g/mol. The lowest BCUT2D eigenvalue weighted by atomic mass is 10.1. The van der Waals surface area contributed by atoms with E-state index >= 15 is 0 Å². The van der Waals surface area contributed by atoms with Gasteiger partial charge in [0.25, 0.3) is 0 Å². The highest BCUT2D eigenvalue weighted by Crippen LogP contribution is 2.22. The summed E-state index contributed by atoms with van der Waals surface area (Å²) in [7, 11) is 0. The summed E-state index contributed by atoms with van der Waals surface area (Å²) < 4.78 is 1.25. The Labute approximate surface area is 99.8 Å². The van der Waals surface area contributed by atoms with Gasteiger partial charge in [-0.3, -0.25) is 0 Å². The fourth-order valence-electron chi connectivity index (χ4n) is 1.24. The number of benzene rings is 1. The lowest BCUT2D eigenvalue weighted by molar-refractivity contribution is -0.0987. The minimum Gasteiger partial charge on any atom is -0.307 e. The van der Waals surface area contributed by atoms with Gasteiger partial charge in [-0.1, -0.05) is 35.0 Å². The van der Waals surface area contributed by atoms with Crippen LogP contribution in [0.25, 0.3) is 0 Å². The average Bonchev–Trinajstić information content (AvgIpc) is 2.30. The lowest BCUT2D eigenvalue weighted by Gasteiger charge is -2.05. The summed E-state index contributed by atoms with van der Waals surface area (Å²) in [6.45, 7) is 10.5. The molecule has 0 spiro atoms. The predicted octanol–water partition coefficient (Wildman–Crippen LogP) is 3.26. The van der Waals surface area contributed by atoms with Crippen molar-refractivity contribution in [3.8, 4) is 0 Å². The van der Waals surface area contributed by atoms with Crippen molar-refractivity contribution in [3.63, 3.8) is 0 Å². The second-order valence-electron chi connectivity index (χ2n) is 2.90. The second-order valence-corrected chi connectivity index (χ2v) is 3.69. The van der Waals surface area contributed by atoms with Crippen LogP contribution < -0.4 is 0 Å². The van der Waals surface area contributed by atoms with Crippen LogP contribution in [0.1, 0.15) is 23.6 Å². The molecule has 1 aromatic rings. The van der Waals surface area contributed by atoms with Gasteiger partial charge in [-0.15, -0.1) is 0 Å². The first-order chi connectivity index (χ1) is 7.15. The van der Waals surface area contributed by atoms with E-state index in [0.717, 1.165) is 6.42 Å². The highest BCUT2D eigenvalue weighted by atomic mass is 79.9. The number of carbonyl (C=O) groups excluding carboxylic acids is 2. The predicted molar refractivity (Wildman–Crippen MR) is 67.2 cm³/mol. The molecule has 0 aliphatic heterocycles. The smallest absolute Gasteiger partial charge is 0.106 e. The van der Waals surface area contributed by atoms with Crippen molar-refractivity contribution in [3.05, 3.63) is 33.3 Å². The van der Waals surface area contributed by atoms with Gasteiger partial charge >= 0.3 is 0 Å². The number of aryl methyl sites for hydroxylation is 3. The Morgan fingerprint density at radius 3 is 1.67 bits per heavy atom. The molecule has 1 rings (SSSR count). The van der Waals surface area contributed by atoms with E-state index in [2.05, 4.69) is 48.8 Å². The van der Waals surface area contributed by atoms with E-state index in [0.29, 0.717) is 0 Å². The number of rotatable bonds is 1. The molecule has 0 radical (unpaired) electrons. The van der Waals surface area contributed by atoms with Gasteiger partial charge in [0.2, 0.25) is 0 Å². The van der Waals surface area contributed by atoms with E-state index in [1.54, 1.807) is 0 Å². The summed E-state index contributed by atoms with van der Waals surface area (Å²) in [6, 6.07) is 4.47. The number of hydrogen-bond acceptors (Lipinski definition) is 2. The highest BCUT2D eigenvalue weighted by Gasteiger charge is 1.99. The third-order valence-corrected chi connectivity index (χ3v) is 3.16. The van der Waals surface area contributed by atoms with Gasteiger partial charge < -0.3 is 9.59 Å². The van der Waals surface area contributed by atoms with Crippen LogP contribution in [0.2, 0.25) is 0 Å². The van der Waals surface area contributed by atoms with Gasteiger partial charge in [0.1, 0.15) is 13.6 Å². The van der Waals surface area contributed by atoms with Crippen molar-refractivity contribution in [1.29, 1.82) is 0 Å². The quantitative estimate of drug-likeness (QED) is 0.787. The first-order valence-corrected chi connectivity index (χ1v) is 5.27. The van der Waals surface area contributed by atoms with E-state index in [9.17, 15) is 0 Å². The third-order valence-electron chi connectivity index (χ3n) is 1.90. The van der Waals surface area contributed by atoms with Crippen LogP contribution in [0.3, 0.4) is 0 Å². The maximum Gasteiger partial charge on any atom is 0.106 e. The normalized spacial score (nSPS) is 8.00. The zero-order valence-corrected chi connectivity index (χ0v) is 11.1. The van der Waals surface area contributed by atoms with Crippen LogP contribution in [-0.2, 0) is 16.0 Å². The fraction of sp³-hybridized carbons (Fsp3) is 0.333. The SMILES string of the molecule is C=O.C=O.CCc1cc(C)c(Br)c(C)c1. The van der Waals surface area contributed by atoms with Gasteiger partial charge in [-0.25, -0.2) is 0 Å². The van der Waals surface area contributed by atoms with Crippen LogP contribution in [0.5, 0.6) is 0 Å². The highest BCUT2D eigenvalue weighted by molar-refractivity contribution is 9.10. The molecule has 0 heterocycles. The molecule has 0 amide bonds. The molecule has 0 aliphatic rings. The molecule has 0 unspecified atom stereocenters. The Morgan fingerprint density at radius 2 is 1.40 bits per heavy atom. The molecular weight excluding hydrogens is 256 g/mol. The molecule has 0 fully saturated rings. The van der Waals surface area contributed by atoms with Crippen molar-refractivity contribution in [2.45, 2.75) is 27.2 Å². The van der Waals surface area contributed by atoms with E-state index in [1.807, 2.05) is 13.6 Å². The molecule has 0 bridgehead atoms. The summed E-state index contributed by atoms with van der Waals surface area (Å²) in [5.74, 6) is 0. The molecule has 1 aromatic carbocycles. The van der Waals surface area contributed by atoms with Crippen LogP contribution >= 0.6 is 15.9 Å². The summed E-state index contributed by atoms with van der Waals surface area (Å²) in [5.41, 5.74) is 4.09. The van der Waals surface area contributed by atoms with E-state index in [-0.39, 0.29) is 0 Å². The molecule has 0 N–H and O–H groups in total. The first kappa shape index (κ1) is 16.5. The fourth-order valence-corrected chi connectivity index (χ4v) is 1.47. The largest absolute Gasteiger partial charge is 0.307 e. The second kappa shape index (κ2) is 9.59. The van der Waals surface area contributed by atoms with Crippen molar-refractivity contribution < 1.29 is 9.59 Å². The molecule has 0 saturated carbocycles. The van der Waals surface area contributed by atoms with Gasteiger partial charge in [0.15, 0.2) is 0 Å². The first-order valence-electron chi connectivity index (χ1n) is 4.48.